The largest absolute Gasteiger partial charge is 0.457 e. The Morgan fingerprint density at radius 1 is 1.28 bits per heavy atom. The van der Waals surface area contributed by atoms with Crippen molar-refractivity contribution >= 4 is 28.9 Å². The number of nitro benzene ring substituents is 1. The number of hydrogen-bond donors (Lipinski definition) is 1. The van der Waals surface area contributed by atoms with Crippen LogP contribution in [0.1, 0.15) is 12.5 Å². The van der Waals surface area contributed by atoms with Crippen LogP contribution in [0.3, 0.4) is 0 Å². The molecular formula is C20H19ClN4O4. The summed E-state index contributed by atoms with van der Waals surface area (Å²) in [6, 6.07) is 11.4. The molecule has 3 aromatic rings. The maximum absolute atomic E-state index is 12.5. The average molecular weight is 415 g/mol. The van der Waals surface area contributed by atoms with E-state index in [2.05, 4.69) is 10.4 Å². The van der Waals surface area contributed by atoms with Crippen LogP contribution in [-0.4, -0.2) is 20.6 Å². The van der Waals surface area contributed by atoms with Crippen molar-refractivity contribution in [3.63, 3.8) is 0 Å². The monoisotopic (exact) mass is 414 g/mol. The van der Waals surface area contributed by atoms with E-state index >= 15 is 0 Å². The van der Waals surface area contributed by atoms with Gasteiger partial charge in [-0.15, -0.1) is 0 Å². The number of hydrogen-bond acceptors (Lipinski definition) is 5. The third-order valence-electron chi connectivity index (χ3n) is 4.14. The average Bonchev–Trinajstić information content (AvgIpc) is 3.08. The molecule has 1 aromatic heterocycles. The fourth-order valence-electron chi connectivity index (χ4n) is 2.63. The smallest absolute Gasteiger partial charge is 0.275 e. The molecule has 3 rings (SSSR count). The van der Waals surface area contributed by atoms with Crippen LogP contribution in [-0.2, 0) is 11.3 Å². The van der Waals surface area contributed by atoms with Gasteiger partial charge in [-0.25, -0.2) is 0 Å². The zero-order valence-corrected chi connectivity index (χ0v) is 16.6. The number of rotatable bonds is 7. The Morgan fingerprint density at radius 2 is 2.00 bits per heavy atom. The number of non-ortho nitro benzene ring substituents is 1. The summed E-state index contributed by atoms with van der Waals surface area (Å²) < 4.78 is 7.28. The van der Waals surface area contributed by atoms with Crippen molar-refractivity contribution in [3.8, 4) is 11.5 Å². The van der Waals surface area contributed by atoms with Crippen LogP contribution in [0.15, 0.2) is 54.9 Å². The molecule has 1 heterocycles. The van der Waals surface area contributed by atoms with Crippen LogP contribution in [0.25, 0.3) is 0 Å². The molecule has 1 unspecified atom stereocenters. The van der Waals surface area contributed by atoms with Gasteiger partial charge in [0.05, 0.1) is 40.4 Å². The fraction of sp³-hybridized carbons (Fsp3) is 0.200. The Hall–Kier alpha value is -3.39. The highest BCUT2D eigenvalue weighted by Gasteiger charge is 2.17. The number of anilines is 1. The van der Waals surface area contributed by atoms with Gasteiger partial charge in [0.1, 0.15) is 11.5 Å². The molecule has 8 nitrogen and oxygen atoms in total. The number of aromatic nitrogens is 2. The number of amides is 1. The zero-order chi connectivity index (χ0) is 21.0. The van der Waals surface area contributed by atoms with E-state index in [0.29, 0.717) is 17.3 Å². The summed E-state index contributed by atoms with van der Waals surface area (Å²) >= 11 is 5.83. The Balaban J connectivity index is 1.76. The van der Waals surface area contributed by atoms with E-state index in [-0.39, 0.29) is 23.0 Å². The van der Waals surface area contributed by atoms with Gasteiger partial charge in [-0.3, -0.25) is 19.6 Å². The molecule has 29 heavy (non-hydrogen) atoms. The SMILES string of the molecule is Cc1ccc(Oc2cc(NC(=O)C(C)Cn3cc(Cl)cn3)cc([N+](=O)[O-])c2)cc1. The van der Waals surface area contributed by atoms with Crippen molar-refractivity contribution in [2.75, 3.05) is 5.32 Å². The molecule has 0 fully saturated rings. The van der Waals surface area contributed by atoms with E-state index in [4.69, 9.17) is 16.3 Å². The van der Waals surface area contributed by atoms with E-state index in [0.717, 1.165) is 5.56 Å². The van der Waals surface area contributed by atoms with Crippen molar-refractivity contribution in [1.29, 1.82) is 0 Å². The van der Waals surface area contributed by atoms with Crippen molar-refractivity contribution in [1.82, 2.24) is 9.78 Å². The molecule has 1 atom stereocenters. The van der Waals surface area contributed by atoms with E-state index < -0.39 is 10.8 Å². The lowest BCUT2D eigenvalue weighted by atomic mass is 10.1. The summed E-state index contributed by atoms with van der Waals surface area (Å²) in [6.45, 7) is 4.00. The molecule has 150 valence electrons. The number of ether oxygens (including phenoxy) is 1. The maximum atomic E-state index is 12.5. The van der Waals surface area contributed by atoms with Crippen molar-refractivity contribution in [2.45, 2.75) is 20.4 Å². The molecule has 0 aliphatic carbocycles. The van der Waals surface area contributed by atoms with Gasteiger partial charge in [0.2, 0.25) is 5.91 Å². The predicted octanol–water partition coefficient (Wildman–Crippen LogP) is 4.82. The summed E-state index contributed by atoms with van der Waals surface area (Å²) in [7, 11) is 0. The Labute approximate surface area is 172 Å². The van der Waals surface area contributed by atoms with Crippen molar-refractivity contribution in [3.05, 3.63) is 75.6 Å². The molecule has 9 heteroatoms. The standard InChI is InChI=1S/C20H19ClN4O4/c1-13-3-5-18(6-4-13)29-19-8-16(7-17(9-19)25(27)28)23-20(26)14(2)11-24-12-15(21)10-22-24/h3-10,12,14H,11H2,1-2H3,(H,23,26). The Kier molecular flexibility index (Phi) is 6.13. The van der Waals surface area contributed by atoms with Gasteiger partial charge in [-0.2, -0.15) is 5.10 Å². The van der Waals surface area contributed by atoms with Crippen LogP contribution in [0.2, 0.25) is 5.02 Å². The number of carbonyl (C=O) groups excluding carboxylic acids is 1. The number of benzene rings is 2. The second kappa shape index (κ2) is 8.74. The fourth-order valence-corrected chi connectivity index (χ4v) is 2.79. The molecular weight excluding hydrogens is 396 g/mol. The maximum Gasteiger partial charge on any atom is 0.275 e. The summed E-state index contributed by atoms with van der Waals surface area (Å²) in [5.41, 5.74) is 1.16. The molecule has 0 aliphatic rings. The van der Waals surface area contributed by atoms with Gasteiger partial charge in [0.25, 0.3) is 5.69 Å². The highest BCUT2D eigenvalue weighted by molar-refractivity contribution is 6.30. The normalized spacial score (nSPS) is 11.7. The molecule has 0 saturated carbocycles. The summed E-state index contributed by atoms with van der Waals surface area (Å²) in [4.78, 5) is 23.3. The van der Waals surface area contributed by atoms with E-state index in [1.54, 1.807) is 36.0 Å². The lowest BCUT2D eigenvalue weighted by molar-refractivity contribution is -0.384. The third kappa shape index (κ3) is 5.55. The Morgan fingerprint density at radius 3 is 2.62 bits per heavy atom. The number of nitro groups is 1. The molecule has 0 saturated heterocycles. The Bertz CT molecular complexity index is 1030. The highest BCUT2D eigenvalue weighted by Crippen LogP contribution is 2.30. The number of nitrogens with one attached hydrogen (secondary N) is 1. The van der Waals surface area contributed by atoms with Crippen molar-refractivity contribution < 1.29 is 14.5 Å². The highest BCUT2D eigenvalue weighted by atomic mass is 35.5. The number of carbonyl (C=O) groups is 1. The van der Waals surface area contributed by atoms with Crippen molar-refractivity contribution in [2.24, 2.45) is 5.92 Å². The minimum absolute atomic E-state index is 0.184. The molecule has 1 amide bonds. The summed E-state index contributed by atoms with van der Waals surface area (Å²) in [6.07, 6.45) is 3.10. The number of halogens is 1. The molecule has 0 spiro atoms. The first-order valence-electron chi connectivity index (χ1n) is 8.83. The van der Waals surface area contributed by atoms with Gasteiger partial charge >= 0.3 is 0 Å². The summed E-state index contributed by atoms with van der Waals surface area (Å²) in [5.74, 6) is 0.0484. The molecule has 0 aliphatic heterocycles. The zero-order valence-electron chi connectivity index (χ0n) is 15.8. The molecule has 1 N–H and O–H groups in total. The summed E-state index contributed by atoms with van der Waals surface area (Å²) in [5, 5.41) is 18.5. The quantitative estimate of drug-likeness (QED) is 0.441. The second-order valence-corrected chi connectivity index (χ2v) is 7.10. The topological polar surface area (TPSA) is 99.3 Å². The first-order valence-corrected chi connectivity index (χ1v) is 9.21. The number of nitrogens with zero attached hydrogens (tertiary/aromatic N) is 3. The molecule has 0 radical (unpaired) electrons. The lowest BCUT2D eigenvalue weighted by Crippen LogP contribution is -2.24. The minimum atomic E-state index is -0.535. The molecule has 2 aromatic carbocycles. The van der Waals surface area contributed by atoms with Gasteiger partial charge in [-0.05, 0) is 19.1 Å². The van der Waals surface area contributed by atoms with E-state index in [1.807, 2.05) is 19.1 Å². The lowest BCUT2D eigenvalue weighted by Gasteiger charge is -2.13. The molecule has 0 bridgehead atoms. The van der Waals surface area contributed by atoms with Gasteiger partial charge in [0.15, 0.2) is 0 Å². The predicted molar refractivity (Wildman–Crippen MR) is 109 cm³/mol. The minimum Gasteiger partial charge on any atom is -0.457 e. The van der Waals surface area contributed by atoms with E-state index in [9.17, 15) is 14.9 Å². The van der Waals surface area contributed by atoms with Gasteiger partial charge in [0, 0.05) is 18.3 Å². The van der Waals surface area contributed by atoms with Crippen LogP contribution in [0.5, 0.6) is 11.5 Å². The second-order valence-electron chi connectivity index (χ2n) is 6.66. The van der Waals surface area contributed by atoms with Crippen LogP contribution in [0, 0.1) is 23.0 Å². The third-order valence-corrected chi connectivity index (χ3v) is 4.33. The van der Waals surface area contributed by atoms with E-state index in [1.165, 1.54) is 18.3 Å². The van der Waals surface area contributed by atoms with Gasteiger partial charge in [-0.1, -0.05) is 36.2 Å². The first kappa shape index (κ1) is 20.3. The first-order chi connectivity index (χ1) is 13.8. The van der Waals surface area contributed by atoms with Crippen LogP contribution >= 0.6 is 11.6 Å². The number of aryl methyl sites for hydroxylation is 1. The van der Waals surface area contributed by atoms with Gasteiger partial charge < -0.3 is 10.1 Å². The van der Waals surface area contributed by atoms with Crippen LogP contribution < -0.4 is 10.1 Å². The van der Waals surface area contributed by atoms with Crippen LogP contribution in [0.4, 0.5) is 11.4 Å².